The number of morpholine rings is 1. The van der Waals surface area contributed by atoms with Crippen molar-refractivity contribution in [2.45, 2.75) is 6.54 Å². The quantitative estimate of drug-likeness (QED) is 0.830. The summed E-state index contributed by atoms with van der Waals surface area (Å²) in [6.45, 7) is 3.44. The van der Waals surface area contributed by atoms with Gasteiger partial charge >= 0.3 is 0 Å². The van der Waals surface area contributed by atoms with E-state index in [2.05, 4.69) is 10.6 Å². The van der Waals surface area contributed by atoms with E-state index in [0.717, 1.165) is 13.1 Å². The molecule has 1 aromatic heterocycles. The molecule has 2 amide bonds. The normalized spacial score (nSPS) is 14.9. The van der Waals surface area contributed by atoms with Crippen molar-refractivity contribution in [3.05, 3.63) is 54.0 Å². The summed E-state index contributed by atoms with van der Waals surface area (Å²) in [5.41, 5.74) is 1.08. The van der Waals surface area contributed by atoms with Gasteiger partial charge in [-0.05, 0) is 30.3 Å². The molecule has 0 bridgehead atoms. The molecule has 1 fully saturated rings. The highest BCUT2D eigenvalue weighted by Crippen LogP contribution is 2.11. The van der Waals surface area contributed by atoms with E-state index in [1.165, 1.54) is 0 Å². The Morgan fingerprint density at radius 3 is 2.72 bits per heavy atom. The molecule has 7 nitrogen and oxygen atoms in total. The van der Waals surface area contributed by atoms with Gasteiger partial charge in [0.2, 0.25) is 5.91 Å². The minimum atomic E-state index is -0.222. The molecule has 1 saturated heterocycles. The molecule has 2 N–H and O–H groups in total. The van der Waals surface area contributed by atoms with Gasteiger partial charge in [-0.2, -0.15) is 0 Å². The predicted octanol–water partition coefficient (Wildman–Crippen LogP) is 1.48. The molecule has 1 aromatic carbocycles. The van der Waals surface area contributed by atoms with Crippen molar-refractivity contribution in [1.82, 2.24) is 10.2 Å². The highest BCUT2D eigenvalue weighted by Gasteiger charge is 2.14. The molecule has 0 spiro atoms. The molecule has 0 aliphatic carbocycles. The average molecular weight is 343 g/mol. The molecule has 0 unspecified atom stereocenters. The molecular formula is C18H21N3O4. The maximum absolute atomic E-state index is 12.2. The fourth-order valence-corrected chi connectivity index (χ4v) is 2.58. The van der Waals surface area contributed by atoms with Crippen LogP contribution in [0.2, 0.25) is 0 Å². The Morgan fingerprint density at radius 2 is 1.96 bits per heavy atom. The maximum Gasteiger partial charge on any atom is 0.251 e. The molecular weight excluding hydrogens is 322 g/mol. The number of furan rings is 1. The highest BCUT2D eigenvalue weighted by atomic mass is 16.5. The second kappa shape index (κ2) is 8.46. The van der Waals surface area contributed by atoms with Gasteiger partial charge in [-0.3, -0.25) is 14.5 Å². The van der Waals surface area contributed by atoms with E-state index >= 15 is 0 Å². The second-order valence-corrected chi connectivity index (χ2v) is 5.78. The third-order valence-corrected chi connectivity index (χ3v) is 3.88. The van der Waals surface area contributed by atoms with Crippen LogP contribution in [-0.4, -0.2) is 49.6 Å². The van der Waals surface area contributed by atoms with Gasteiger partial charge in [0, 0.05) is 24.3 Å². The van der Waals surface area contributed by atoms with E-state index in [1.54, 1.807) is 42.7 Å². The first-order chi connectivity index (χ1) is 12.2. The lowest BCUT2D eigenvalue weighted by atomic mass is 10.2. The number of benzene rings is 1. The highest BCUT2D eigenvalue weighted by molar-refractivity contribution is 5.97. The SMILES string of the molecule is O=C(CN1CCOCC1)Nc1cccc(C(=O)NCc2ccco2)c1. The number of rotatable bonds is 6. The van der Waals surface area contributed by atoms with Gasteiger partial charge in [-0.25, -0.2) is 0 Å². The molecule has 7 heteroatoms. The van der Waals surface area contributed by atoms with Crippen LogP contribution in [0.15, 0.2) is 47.1 Å². The van der Waals surface area contributed by atoms with Crippen molar-refractivity contribution in [2.24, 2.45) is 0 Å². The van der Waals surface area contributed by atoms with Gasteiger partial charge in [0.25, 0.3) is 5.91 Å². The number of carbonyl (C=O) groups excluding carboxylic acids is 2. The Hall–Kier alpha value is -2.64. The number of carbonyl (C=O) groups is 2. The maximum atomic E-state index is 12.2. The third-order valence-electron chi connectivity index (χ3n) is 3.88. The Balaban J connectivity index is 1.53. The van der Waals surface area contributed by atoms with Crippen LogP contribution in [0, 0.1) is 0 Å². The fourth-order valence-electron chi connectivity index (χ4n) is 2.58. The van der Waals surface area contributed by atoms with Crippen LogP contribution >= 0.6 is 0 Å². The van der Waals surface area contributed by atoms with Crippen molar-refractivity contribution in [1.29, 1.82) is 0 Å². The van der Waals surface area contributed by atoms with Gasteiger partial charge in [0.05, 0.1) is 32.6 Å². The zero-order valence-corrected chi connectivity index (χ0v) is 13.9. The number of hydrogen-bond donors (Lipinski definition) is 2. The summed E-state index contributed by atoms with van der Waals surface area (Å²) in [6, 6.07) is 10.4. The van der Waals surface area contributed by atoms with Crippen molar-refractivity contribution in [3.8, 4) is 0 Å². The van der Waals surface area contributed by atoms with Crippen LogP contribution in [0.5, 0.6) is 0 Å². The smallest absolute Gasteiger partial charge is 0.251 e. The van der Waals surface area contributed by atoms with Crippen molar-refractivity contribution in [3.63, 3.8) is 0 Å². The molecule has 132 valence electrons. The second-order valence-electron chi connectivity index (χ2n) is 5.78. The van der Waals surface area contributed by atoms with Crippen LogP contribution in [0.3, 0.4) is 0 Å². The van der Waals surface area contributed by atoms with E-state index in [0.29, 0.717) is 43.3 Å². The van der Waals surface area contributed by atoms with E-state index in [9.17, 15) is 9.59 Å². The average Bonchev–Trinajstić information content (AvgIpc) is 3.14. The summed E-state index contributed by atoms with van der Waals surface area (Å²) in [6.07, 6.45) is 1.56. The van der Waals surface area contributed by atoms with Crippen molar-refractivity contribution < 1.29 is 18.7 Å². The zero-order valence-electron chi connectivity index (χ0n) is 13.9. The molecule has 1 aliphatic rings. The number of nitrogens with zero attached hydrogens (tertiary/aromatic N) is 1. The lowest BCUT2D eigenvalue weighted by molar-refractivity contribution is -0.118. The number of anilines is 1. The monoisotopic (exact) mass is 343 g/mol. The van der Waals surface area contributed by atoms with Crippen molar-refractivity contribution in [2.75, 3.05) is 38.2 Å². The first-order valence-electron chi connectivity index (χ1n) is 8.21. The Morgan fingerprint density at radius 1 is 1.12 bits per heavy atom. The van der Waals surface area contributed by atoms with E-state index in [-0.39, 0.29) is 11.8 Å². The summed E-state index contributed by atoms with van der Waals surface area (Å²) in [7, 11) is 0. The van der Waals surface area contributed by atoms with Crippen LogP contribution in [0.4, 0.5) is 5.69 Å². The Labute approximate surface area is 145 Å². The zero-order chi connectivity index (χ0) is 17.5. The standard InChI is InChI=1S/C18H21N3O4/c22-17(13-21-6-9-24-10-7-21)20-15-4-1-3-14(11-15)18(23)19-12-16-5-2-8-25-16/h1-5,8,11H,6-7,9-10,12-13H2,(H,19,23)(H,20,22). The molecule has 0 atom stereocenters. The largest absolute Gasteiger partial charge is 0.467 e. The van der Waals surface area contributed by atoms with Crippen LogP contribution in [0.25, 0.3) is 0 Å². The Kier molecular flexibility index (Phi) is 5.81. The molecule has 0 saturated carbocycles. The molecule has 2 heterocycles. The van der Waals surface area contributed by atoms with Crippen LogP contribution in [0.1, 0.15) is 16.1 Å². The van der Waals surface area contributed by atoms with Crippen LogP contribution in [-0.2, 0) is 16.1 Å². The number of amides is 2. The number of ether oxygens (including phenoxy) is 1. The van der Waals surface area contributed by atoms with E-state index in [4.69, 9.17) is 9.15 Å². The Bertz CT molecular complexity index is 709. The topological polar surface area (TPSA) is 83.8 Å². The first kappa shape index (κ1) is 17.2. The minimum absolute atomic E-state index is 0.102. The van der Waals surface area contributed by atoms with E-state index in [1.807, 2.05) is 4.90 Å². The number of hydrogen-bond acceptors (Lipinski definition) is 5. The van der Waals surface area contributed by atoms with Crippen LogP contribution < -0.4 is 10.6 Å². The van der Waals surface area contributed by atoms with Gasteiger partial charge < -0.3 is 19.8 Å². The van der Waals surface area contributed by atoms with Gasteiger partial charge in [-0.15, -0.1) is 0 Å². The molecule has 2 aromatic rings. The molecule has 25 heavy (non-hydrogen) atoms. The third kappa shape index (κ3) is 5.17. The lowest BCUT2D eigenvalue weighted by Gasteiger charge is -2.25. The van der Waals surface area contributed by atoms with Gasteiger partial charge in [-0.1, -0.05) is 6.07 Å². The summed E-state index contributed by atoms with van der Waals surface area (Å²) in [5, 5.41) is 5.61. The predicted molar refractivity (Wildman–Crippen MR) is 92.2 cm³/mol. The van der Waals surface area contributed by atoms with Crippen molar-refractivity contribution >= 4 is 17.5 Å². The molecule has 0 radical (unpaired) electrons. The lowest BCUT2D eigenvalue weighted by Crippen LogP contribution is -2.41. The summed E-state index contributed by atoms with van der Waals surface area (Å²) >= 11 is 0. The summed E-state index contributed by atoms with van der Waals surface area (Å²) in [4.78, 5) is 26.4. The molecule has 3 rings (SSSR count). The van der Waals surface area contributed by atoms with E-state index < -0.39 is 0 Å². The fraction of sp³-hybridized carbons (Fsp3) is 0.333. The molecule has 1 aliphatic heterocycles. The van der Waals surface area contributed by atoms with Gasteiger partial charge in [0.15, 0.2) is 0 Å². The first-order valence-corrected chi connectivity index (χ1v) is 8.21. The van der Waals surface area contributed by atoms with Gasteiger partial charge in [0.1, 0.15) is 5.76 Å². The number of nitrogens with one attached hydrogen (secondary N) is 2. The summed E-state index contributed by atoms with van der Waals surface area (Å²) in [5.74, 6) is 0.360. The summed E-state index contributed by atoms with van der Waals surface area (Å²) < 4.78 is 10.4. The minimum Gasteiger partial charge on any atom is -0.467 e.